The monoisotopic (exact) mass is 169 g/mol. The Morgan fingerprint density at radius 1 is 1.75 bits per heavy atom. The number of hydrogen-bond acceptors (Lipinski definition) is 3. The van der Waals surface area contributed by atoms with Gasteiger partial charge < -0.3 is 15.0 Å². The van der Waals surface area contributed by atoms with Crippen molar-refractivity contribution in [3.8, 4) is 0 Å². The van der Waals surface area contributed by atoms with Gasteiger partial charge in [0.05, 0.1) is 18.2 Å². The van der Waals surface area contributed by atoms with Crippen LogP contribution in [0.15, 0.2) is 12.5 Å². The molecule has 1 rings (SSSR count). The molecule has 68 valence electrons. The Morgan fingerprint density at radius 3 is 2.92 bits per heavy atom. The minimum Gasteiger partial charge on any atom is -0.371 e. The molecule has 0 aliphatic rings. The quantitative estimate of drug-likeness (QED) is 0.712. The van der Waals surface area contributed by atoms with Crippen molar-refractivity contribution in [2.75, 3.05) is 13.2 Å². The normalized spacial score (nSPS) is 13.2. The Kier molecular flexibility index (Phi) is 3.25. The SMILES string of the molecule is CCOC(CN)c1cncn1C. The van der Waals surface area contributed by atoms with E-state index < -0.39 is 0 Å². The van der Waals surface area contributed by atoms with Crippen LogP contribution in [0.4, 0.5) is 0 Å². The van der Waals surface area contributed by atoms with Crippen molar-refractivity contribution in [3.05, 3.63) is 18.2 Å². The summed E-state index contributed by atoms with van der Waals surface area (Å²) in [4.78, 5) is 4.00. The lowest BCUT2D eigenvalue weighted by atomic mass is 10.2. The molecule has 4 heteroatoms. The maximum Gasteiger partial charge on any atom is 0.111 e. The van der Waals surface area contributed by atoms with E-state index in [1.807, 2.05) is 18.5 Å². The molecule has 1 heterocycles. The Labute approximate surface area is 72.3 Å². The van der Waals surface area contributed by atoms with Crippen LogP contribution >= 0.6 is 0 Å². The summed E-state index contributed by atoms with van der Waals surface area (Å²) in [5.74, 6) is 0. The molecular weight excluding hydrogens is 154 g/mol. The fraction of sp³-hybridized carbons (Fsp3) is 0.625. The van der Waals surface area contributed by atoms with Crippen molar-refractivity contribution in [3.63, 3.8) is 0 Å². The van der Waals surface area contributed by atoms with E-state index in [9.17, 15) is 0 Å². The van der Waals surface area contributed by atoms with E-state index in [0.717, 1.165) is 5.69 Å². The molecule has 0 radical (unpaired) electrons. The minimum atomic E-state index is -0.0255. The first kappa shape index (κ1) is 9.22. The molecule has 0 bridgehead atoms. The van der Waals surface area contributed by atoms with Gasteiger partial charge in [-0.1, -0.05) is 0 Å². The minimum absolute atomic E-state index is 0.0255. The van der Waals surface area contributed by atoms with Crippen LogP contribution in [0.3, 0.4) is 0 Å². The molecule has 0 aromatic carbocycles. The van der Waals surface area contributed by atoms with Crippen LogP contribution in [0, 0.1) is 0 Å². The molecule has 4 nitrogen and oxygen atoms in total. The third-order valence-corrected chi connectivity index (χ3v) is 1.77. The molecule has 1 aromatic heterocycles. The summed E-state index contributed by atoms with van der Waals surface area (Å²) in [6, 6.07) is 0. The maximum atomic E-state index is 5.55. The highest BCUT2D eigenvalue weighted by Gasteiger charge is 2.11. The number of hydrogen-bond donors (Lipinski definition) is 1. The van der Waals surface area contributed by atoms with Gasteiger partial charge in [-0.05, 0) is 6.92 Å². The van der Waals surface area contributed by atoms with Gasteiger partial charge in [0.25, 0.3) is 0 Å². The highest BCUT2D eigenvalue weighted by molar-refractivity contribution is 5.02. The number of imidazole rings is 1. The standard InChI is InChI=1S/C8H15N3O/c1-3-12-8(4-9)7-5-10-6-11(7)2/h5-6,8H,3-4,9H2,1-2H3. The topological polar surface area (TPSA) is 53.1 Å². The van der Waals surface area contributed by atoms with Crippen LogP contribution in [0.2, 0.25) is 0 Å². The van der Waals surface area contributed by atoms with Gasteiger partial charge in [0.15, 0.2) is 0 Å². The fourth-order valence-electron chi connectivity index (χ4n) is 1.15. The number of nitrogens with two attached hydrogens (primary N) is 1. The van der Waals surface area contributed by atoms with E-state index in [-0.39, 0.29) is 6.10 Å². The van der Waals surface area contributed by atoms with Gasteiger partial charge in [0.1, 0.15) is 6.10 Å². The van der Waals surface area contributed by atoms with E-state index in [2.05, 4.69) is 4.98 Å². The second kappa shape index (κ2) is 4.23. The molecule has 0 saturated heterocycles. The number of ether oxygens (including phenoxy) is 1. The molecular formula is C8H15N3O. The molecule has 0 amide bonds. The third-order valence-electron chi connectivity index (χ3n) is 1.77. The molecule has 0 aliphatic carbocycles. The zero-order chi connectivity index (χ0) is 8.97. The number of aryl methyl sites for hydroxylation is 1. The first-order valence-electron chi connectivity index (χ1n) is 4.07. The lowest BCUT2D eigenvalue weighted by Gasteiger charge is -2.14. The Balaban J connectivity index is 2.72. The van der Waals surface area contributed by atoms with E-state index in [1.165, 1.54) is 0 Å². The highest BCUT2D eigenvalue weighted by atomic mass is 16.5. The zero-order valence-corrected chi connectivity index (χ0v) is 7.53. The molecule has 1 aromatic rings. The average Bonchev–Trinajstić information content (AvgIpc) is 2.47. The summed E-state index contributed by atoms with van der Waals surface area (Å²) in [5.41, 5.74) is 6.58. The summed E-state index contributed by atoms with van der Waals surface area (Å²) in [5, 5.41) is 0. The third kappa shape index (κ3) is 1.84. The van der Waals surface area contributed by atoms with Crippen molar-refractivity contribution in [1.29, 1.82) is 0 Å². The lowest BCUT2D eigenvalue weighted by Crippen LogP contribution is -2.18. The van der Waals surface area contributed by atoms with Gasteiger partial charge in [-0.25, -0.2) is 4.98 Å². The van der Waals surface area contributed by atoms with Crippen LogP contribution in [-0.4, -0.2) is 22.7 Å². The van der Waals surface area contributed by atoms with Gasteiger partial charge in [0, 0.05) is 20.2 Å². The molecule has 12 heavy (non-hydrogen) atoms. The van der Waals surface area contributed by atoms with Crippen LogP contribution in [-0.2, 0) is 11.8 Å². The van der Waals surface area contributed by atoms with E-state index in [1.54, 1.807) is 12.5 Å². The summed E-state index contributed by atoms with van der Waals surface area (Å²) >= 11 is 0. The predicted molar refractivity (Wildman–Crippen MR) is 46.6 cm³/mol. The lowest BCUT2D eigenvalue weighted by molar-refractivity contribution is 0.0638. The first-order chi connectivity index (χ1) is 5.79. The van der Waals surface area contributed by atoms with Crippen LogP contribution < -0.4 is 5.73 Å². The summed E-state index contributed by atoms with van der Waals surface area (Å²) in [7, 11) is 1.93. The van der Waals surface area contributed by atoms with E-state index >= 15 is 0 Å². The molecule has 0 fully saturated rings. The van der Waals surface area contributed by atoms with E-state index in [4.69, 9.17) is 10.5 Å². The number of rotatable bonds is 4. The molecule has 0 saturated carbocycles. The van der Waals surface area contributed by atoms with Crippen LogP contribution in [0.5, 0.6) is 0 Å². The predicted octanol–water partition coefficient (Wildman–Crippen LogP) is 0.456. The van der Waals surface area contributed by atoms with Crippen molar-refractivity contribution < 1.29 is 4.74 Å². The molecule has 0 aliphatic heterocycles. The van der Waals surface area contributed by atoms with Gasteiger partial charge in [-0.2, -0.15) is 0 Å². The van der Waals surface area contributed by atoms with Crippen molar-refractivity contribution in [2.45, 2.75) is 13.0 Å². The number of aromatic nitrogens is 2. The zero-order valence-electron chi connectivity index (χ0n) is 7.53. The summed E-state index contributed by atoms with van der Waals surface area (Å²) in [6.45, 7) is 3.12. The van der Waals surface area contributed by atoms with Gasteiger partial charge in [-0.3, -0.25) is 0 Å². The smallest absolute Gasteiger partial charge is 0.111 e. The summed E-state index contributed by atoms with van der Waals surface area (Å²) in [6.07, 6.45) is 3.51. The molecule has 2 N–H and O–H groups in total. The van der Waals surface area contributed by atoms with Gasteiger partial charge in [0.2, 0.25) is 0 Å². The average molecular weight is 169 g/mol. The first-order valence-corrected chi connectivity index (χ1v) is 4.07. The van der Waals surface area contributed by atoms with Crippen LogP contribution in [0.1, 0.15) is 18.7 Å². The van der Waals surface area contributed by atoms with Gasteiger partial charge in [-0.15, -0.1) is 0 Å². The highest BCUT2D eigenvalue weighted by Crippen LogP contribution is 2.13. The van der Waals surface area contributed by atoms with Crippen molar-refractivity contribution in [2.24, 2.45) is 12.8 Å². The molecule has 1 atom stereocenters. The van der Waals surface area contributed by atoms with Crippen molar-refractivity contribution in [1.82, 2.24) is 9.55 Å². The number of nitrogens with zero attached hydrogens (tertiary/aromatic N) is 2. The second-order valence-electron chi connectivity index (χ2n) is 2.61. The Hall–Kier alpha value is -0.870. The van der Waals surface area contributed by atoms with Gasteiger partial charge >= 0.3 is 0 Å². The van der Waals surface area contributed by atoms with E-state index in [0.29, 0.717) is 13.2 Å². The van der Waals surface area contributed by atoms with Crippen LogP contribution in [0.25, 0.3) is 0 Å². The largest absolute Gasteiger partial charge is 0.371 e. The Morgan fingerprint density at radius 2 is 2.50 bits per heavy atom. The molecule has 0 spiro atoms. The molecule has 1 unspecified atom stereocenters. The Bertz CT molecular complexity index is 234. The fourth-order valence-corrected chi connectivity index (χ4v) is 1.15. The maximum absolute atomic E-state index is 5.55. The summed E-state index contributed by atoms with van der Waals surface area (Å²) < 4.78 is 7.35. The van der Waals surface area contributed by atoms with Crippen molar-refractivity contribution >= 4 is 0 Å². The second-order valence-corrected chi connectivity index (χ2v) is 2.61.